The maximum Gasteiger partial charge on any atom is 0.171 e. The third-order valence-electron chi connectivity index (χ3n) is 1.29. The minimum atomic E-state index is -1.34. The summed E-state index contributed by atoms with van der Waals surface area (Å²) in [6, 6.07) is 1.44. The van der Waals surface area contributed by atoms with Gasteiger partial charge in [0, 0.05) is 0 Å². The van der Waals surface area contributed by atoms with Gasteiger partial charge < -0.3 is 5.73 Å². The summed E-state index contributed by atoms with van der Waals surface area (Å²) in [7, 11) is 0. The zero-order valence-electron chi connectivity index (χ0n) is 5.77. The van der Waals surface area contributed by atoms with Gasteiger partial charge in [0.1, 0.15) is 10.8 Å². The summed E-state index contributed by atoms with van der Waals surface area (Å²) in [5.74, 6) is -3.47. The van der Waals surface area contributed by atoms with E-state index in [-0.39, 0.29) is 0 Å². The second kappa shape index (κ2) is 3.10. The van der Waals surface area contributed by atoms with Gasteiger partial charge in [0.2, 0.25) is 0 Å². The summed E-state index contributed by atoms with van der Waals surface area (Å²) in [6.07, 6.45) is 0. The van der Waals surface area contributed by atoms with E-state index in [1.54, 1.807) is 0 Å². The molecule has 0 aliphatic carbocycles. The molecule has 2 N–H and O–H groups in total. The Kier molecular flexibility index (Phi) is 2.32. The molecule has 0 aliphatic rings. The van der Waals surface area contributed by atoms with E-state index in [4.69, 9.17) is 5.73 Å². The summed E-state index contributed by atoms with van der Waals surface area (Å²) in [5, 5.41) is 0. The molecule has 64 valence electrons. The van der Waals surface area contributed by atoms with Crippen molar-refractivity contribution in [2.24, 2.45) is 5.73 Å². The zero-order valence-corrected chi connectivity index (χ0v) is 6.59. The minimum Gasteiger partial charge on any atom is -0.389 e. The topological polar surface area (TPSA) is 26.0 Å². The monoisotopic (exact) mass is 191 g/mol. The molecule has 1 rings (SSSR count). The number of hydrogen-bond acceptors (Lipinski definition) is 1. The largest absolute Gasteiger partial charge is 0.389 e. The molecule has 0 fully saturated rings. The van der Waals surface area contributed by atoms with Gasteiger partial charge in [0.25, 0.3) is 0 Å². The fourth-order valence-electron chi connectivity index (χ4n) is 0.753. The van der Waals surface area contributed by atoms with E-state index < -0.39 is 28.0 Å². The lowest BCUT2D eigenvalue weighted by atomic mass is 10.2. The first kappa shape index (κ1) is 8.99. The minimum absolute atomic E-state index is 0.496. The molecule has 0 bridgehead atoms. The lowest BCUT2D eigenvalue weighted by molar-refractivity contribution is 0.492. The van der Waals surface area contributed by atoms with Crippen LogP contribution in [0.1, 0.15) is 5.56 Å². The van der Waals surface area contributed by atoms with Crippen molar-refractivity contribution < 1.29 is 13.2 Å². The van der Waals surface area contributed by atoms with Crippen molar-refractivity contribution in [2.75, 3.05) is 0 Å². The van der Waals surface area contributed by atoms with E-state index in [9.17, 15) is 13.2 Å². The maximum absolute atomic E-state index is 12.7. The van der Waals surface area contributed by atoms with E-state index >= 15 is 0 Å². The molecule has 0 saturated carbocycles. The normalized spacial score (nSPS) is 9.92. The Balaban J connectivity index is 3.43. The Labute approximate surface area is 72.0 Å². The highest BCUT2D eigenvalue weighted by molar-refractivity contribution is 7.80. The van der Waals surface area contributed by atoms with Crippen LogP contribution in [0.3, 0.4) is 0 Å². The molecule has 0 heterocycles. The Bertz CT molecular complexity index is 338. The molecular weight excluding hydrogens is 187 g/mol. The standard InChI is InChI=1S/C7H4F3NS/c8-3-1-2-4(9)6(10)5(3)7(11)12/h1-2H,(H2,11,12). The van der Waals surface area contributed by atoms with Gasteiger partial charge in [-0.05, 0) is 12.1 Å². The van der Waals surface area contributed by atoms with Crippen molar-refractivity contribution in [2.45, 2.75) is 0 Å². The lowest BCUT2D eigenvalue weighted by Crippen LogP contribution is -2.15. The summed E-state index contributed by atoms with van der Waals surface area (Å²) in [4.78, 5) is -0.496. The van der Waals surface area contributed by atoms with Gasteiger partial charge in [-0.2, -0.15) is 0 Å². The van der Waals surface area contributed by atoms with Crippen molar-refractivity contribution in [3.63, 3.8) is 0 Å². The van der Waals surface area contributed by atoms with Crippen molar-refractivity contribution in [1.29, 1.82) is 0 Å². The predicted molar refractivity (Wildman–Crippen MR) is 42.2 cm³/mol. The Hall–Kier alpha value is -1.10. The van der Waals surface area contributed by atoms with Gasteiger partial charge in [-0.3, -0.25) is 0 Å². The second-order valence-corrected chi connectivity index (χ2v) is 2.52. The van der Waals surface area contributed by atoms with E-state index in [0.717, 1.165) is 6.07 Å². The number of hydrogen-bond donors (Lipinski definition) is 1. The van der Waals surface area contributed by atoms with E-state index in [2.05, 4.69) is 12.2 Å². The second-order valence-electron chi connectivity index (χ2n) is 2.08. The Morgan fingerprint density at radius 1 is 1.17 bits per heavy atom. The van der Waals surface area contributed by atoms with Gasteiger partial charge in [-0.15, -0.1) is 0 Å². The molecule has 0 radical (unpaired) electrons. The van der Waals surface area contributed by atoms with E-state index in [1.807, 2.05) is 0 Å². The highest BCUT2D eigenvalue weighted by Crippen LogP contribution is 2.15. The lowest BCUT2D eigenvalue weighted by Gasteiger charge is -2.02. The van der Waals surface area contributed by atoms with Crippen LogP contribution in [-0.4, -0.2) is 4.99 Å². The molecule has 0 aliphatic heterocycles. The van der Waals surface area contributed by atoms with E-state index in [0.29, 0.717) is 6.07 Å². The van der Waals surface area contributed by atoms with Crippen LogP contribution in [0.5, 0.6) is 0 Å². The highest BCUT2D eigenvalue weighted by atomic mass is 32.1. The van der Waals surface area contributed by atoms with E-state index in [1.165, 1.54) is 0 Å². The summed E-state index contributed by atoms with van der Waals surface area (Å²) in [5.41, 5.74) is 4.29. The van der Waals surface area contributed by atoms with Crippen LogP contribution in [0.15, 0.2) is 12.1 Å². The molecule has 0 spiro atoms. The average Bonchev–Trinajstić information content (AvgIpc) is 1.97. The van der Waals surface area contributed by atoms with Crippen LogP contribution in [-0.2, 0) is 0 Å². The first-order chi connectivity index (χ1) is 5.54. The average molecular weight is 191 g/mol. The third-order valence-corrected chi connectivity index (χ3v) is 1.49. The van der Waals surface area contributed by atoms with Crippen LogP contribution in [0.25, 0.3) is 0 Å². The van der Waals surface area contributed by atoms with Crippen molar-refractivity contribution in [3.8, 4) is 0 Å². The van der Waals surface area contributed by atoms with Gasteiger partial charge in [-0.25, -0.2) is 13.2 Å². The molecule has 12 heavy (non-hydrogen) atoms. The fourth-order valence-corrected chi connectivity index (χ4v) is 0.940. The molecule has 0 unspecified atom stereocenters. The third kappa shape index (κ3) is 1.40. The molecule has 1 nitrogen and oxygen atoms in total. The van der Waals surface area contributed by atoms with Gasteiger partial charge >= 0.3 is 0 Å². The van der Waals surface area contributed by atoms with Crippen LogP contribution in [0.4, 0.5) is 13.2 Å². The summed E-state index contributed by atoms with van der Waals surface area (Å²) < 4.78 is 37.9. The van der Waals surface area contributed by atoms with Crippen molar-refractivity contribution >= 4 is 17.2 Å². The molecule has 5 heteroatoms. The number of nitrogens with two attached hydrogens (primary N) is 1. The van der Waals surface area contributed by atoms with Gasteiger partial charge in [0.05, 0.1) is 5.56 Å². The molecule has 0 saturated heterocycles. The Morgan fingerprint density at radius 3 is 2.08 bits per heavy atom. The van der Waals surface area contributed by atoms with Gasteiger partial charge in [0.15, 0.2) is 11.6 Å². The van der Waals surface area contributed by atoms with Crippen molar-refractivity contribution in [3.05, 3.63) is 35.1 Å². The maximum atomic E-state index is 12.7. The highest BCUT2D eigenvalue weighted by Gasteiger charge is 2.15. The SMILES string of the molecule is NC(=S)c1c(F)ccc(F)c1F. The Morgan fingerprint density at radius 2 is 1.67 bits per heavy atom. The summed E-state index contributed by atoms with van der Waals surface area (Å²) >= 11 is 4.33. The molecule has 1 aromatic carbocycles. The number of rotatable bonds is 1. The van der Waals surface area contributed by atoms with Crippen LogP contribution < -0.4 is 5.73 Å². The summed E-state index contributed by atoms with van der Waals surface area (Å²) in [6.45, 7) is 0. The molecular formula is C7H4F3NS. The number of thiocarbonyl (C=S) groups is 1. The van der Waals surface area contributed by atoms with Crippen molar-refractivity contribution in [1.82, 2.24) is 0 Å². The molecule has 1 aromatic rings. The molecule has 0 atom stereocenters. The zero-order chi connectivity index (χ0) is 9.30. The number of halogens is 3. The smallest absolute Gasteiger partial charge is 0.171 e. The van der Waals surface area contributed by atoms with Gasteiger partial charge in [-0.1, -0.05) is 12.2 Å². The predicted octanol–water partition coefficient (Wildman–Crippen LogP) is 1.74. The first-order valence-corrected chi connectivity index (χ1v) is 3.38. The molecule has 0 aromatic heterocycles. The first-order valence-electron chi connectivity index (χ1n) is 2.97. The van der Waals surface area contributed by atoms with Crippen LogP contribution in [0.2, 0.25) is 0 Å². The quantitative estimate of drug-likeness (QED) is 0.540. The fraction of sp³-hybridized carbons (Fsp3) is 0. The molecule has 0 amide bonds. The number of benzene rings is 1. The van der Waals surface area contributed by atoms with Crippen LogP contribution >= 0.6 is 12.2 Å². The van der Waals surface area contributed by atoms with Crippen LogP contribution in [0, 0.1) is 17.5 Å².